The predicted octanol–water partition coefficient (Wildman–Crippen LogP) is 3.02. The molecule has 1 aromatic rings. The van der Waals surface area contributed by atoms with Gasteiger partial charge in [0, 0.05) is 36.5 Å². The standard InChI is InChI=1S/C17H25ClN2O4S/c1-17(2)14-12-13(20(11-8-18)25(21,22)23)6-7-15(14)24-16(17)19-9-4-3-5-10-19/h6-7,12,16H,3-5,8-11H2,1-2H3,(H,21,22,23). The van der Waals surface area contributed by atoms with Crippen LogP contribution in [0.15, 0.2) is 18.2 Å². The summed E-state index contributed by atoms with van der Waals surface area (Å²) in [6.07, 6.45) is 3.53. The number of halogens is 1. The first kappa shape index (κ1) is 18.8. The number of nitrogens with zero attached hydrogens (tertiary/aromatic N) is 2. The zero-order chi connectivity index (χ0) is 18.2. The molecule has 2 aliphatic rings. The summed E-state index contributed by atoms with van der Waals surface area (Å²) in [5.74, 6) is 0.859. The van der Waals surface area contributed by atoms with E-state index in [0.717, 1.165) is 28.7 Å². The van der Waals surface area contributed by atoms with E-state index < -0.39 is 10.3 Å². The number of hydrogen-bond donors (Lipinski definition) is 1. The quantitative estimate of drug-likeness (QED) is 0.620. The van der Waals surface area contributed by atoms with E-state index in [1.54, 1.807) is 18.2 Å². The van der Waals surface area contributed by atoms with Gasteiger partial charge in [0.2, 0.25) is 0 Å². The lowest BCUT2D eigenvalue weighted by atomic mass is 9.83. The highest BCUT2D eigenvalue weighted by Gasteiger charge is 2.45. The van der Waals surface area contributed by atoms with Crippen LogP contribution >= 0.6 is 11.6 Å². The first-order valence-corrected chi connectivity index (χ1v) is 10.5. The SMILES string of the molecule is CC1(C)c2cc(N(CCCl)S(=O)(=O)O)ccc2OC1N1CCCCC1. The minimum Gasteiger partial charge on any atom is -0.474 e. The highest BCUT2D eigenvalue weighted by Crippen LogP contribution is 2.46. The maximum atomic E-state index is 11.7. The van der Waals surface area contributed by atoms with E-state index in [-0.39, 0.29) is 24.1 Å². The van der Waals surface area contributed by atoms with Crippen LogP contribution in [0.5, 0.6) is 5.75 Å². The predicted molar refractivity (Wildman–Crippen MR) is 98.9 cm³/mol. The van der Waals surface area contributed by atoms with Crippen molar-refractivity contribution in [3.63, 3.8) is 0 Å². The van der Waals surface area contributed by atoms with E-state index in [1.165, 1.54) is 19.3 Å². The Hall–Kier alpha value is -1.02. The molecule has 0 spiro atoms. The van der Waals surface area contributed by atoms with Gasteiger partial charge in [-0.3, -0.25) is 9.45 Å². The van der Waals surface area contributed by atoms with E-state index in [9.17, 15) is 13.0 Å². The third kappa shape index (κ3) is 3.60. The number of hydrogen-bond acceptors (Lipinski definition) is 4. The lowest BCUT2D eigenvalue weighted by Crippen LogP contribution is -2.49. The summed E-state index contributed by atoms with van der Waals surface area (Å²) in [5.41, 5.74) is 1.07. The van der Waals surface area contributed by atoms with Crippen molar-refractivity contribution < 1.29 is 17.7 Å². The molecule has 0 bridgehead atoms. The largest absolute Gasteiger partial charge is 0.474 e. The fraction of sp³-hybridized carbons (Fsp3) is 0.647. The Labute approximate surface area is 154 Å². The van der Waals surface area contributed by atoms with E-state index in [0.29, 0.717) is 5.69 Å². The van der Waals surface area contributed by atoms with E-state index in [4.69, 9.17) is 16.3 Å². The molecular formula is C17H25ClN2O4S. The molecule has 1 N–H and O–H groups in total. The first-order chi connectivity index (χ1) is 11.7. The van der Waals surface area contributed by atoms with Crippen molar-refractivity contribution in [1.82, 2.24) is 4.90 Å². The molecule has 6 nitrogen and oxygen atoms in total. The number of benzene rings is 1. The molecule has 3 rings (SSSR count). The van der Waals surface area contributed by atoms with Crippen LogP contribution in [0.25, 0.3) is 0 Å². The minimum atomic E-state index is -4.37. The van der Waals surface area contributed by atoms with Gasteiger partial charge >= 0.3 is 10.3 Å². The molecule has 1 fully saturated rings. The smallest absolute Gasteiger partial charge is 0.360 e. The minimum absolute atomic E-state index is 0.00994. The molecular weight excluding hydrogens is 364 g/mol. The molecule has 140 valence electrons. The van der Waals surface area contributed by atoms with Crippen LogP contribution in [0.2, 0.25) is 0 Å². The van der Waals surface area contributed by atoms with Crippen molar-refractivity contribution in [1.29, 1.82) is 0 Å². The fourth-order valence-corrected chi connectivity index (χ4v) is 4.79. The Morgan fingerprint density at radius 2 is 2.00 bits per heavy atom. The third-order valence-corrected chi connectivity index (χ3v) is 6.21. The highest BCUT2D eigenvalue weighted by molar-refractivity contribution is 7.87. The molecule has 1 saturated heterocycles. The van der Waals surface area contributed by atoms with Crippen LogP contribution in [0.1, 0.15) is 38.7 Å². The first-order valence-electron chi connectivity index (χ1n) is 8.61. The molecule has 1 atom stereocenters. The number of fused-ring (bicyclic) bond motifs is 1. The lowest BCUT2D eigenvalue weighted by Gasteiger charge is -2.38. The summed E-state index contributed by atoms with van der Waals surface area (Å²) in [6.45, 7) is 6.26. The number of piperidine rings is 1. The van der Waals surface area contributed by atoms with Crippen LogP contribution < -0.4 is 9.04 Å². The maximum absolute atomic E-state index is 11.7. The number of rotatable bonds is 5. The molecule has 0 radical (unpaired) electrons. The molecule has 0 amide bonds. The molecule has 1 aromatic carbocycles. The van der Waals surface area contributed by atoms with Crippen molar-refractivity contribution in [2.24, 2.45) is 0 Å². The van der Waals surface area contributed by atoms with Gasteiger partial charge in [0.05, 0.1) is 5.69 Å². The Bertz CT molecular complexity index is 732. The van der Waals surface area contributed by atoms with E-state index in [2.05, 4.69) is 18.7 Å². The van der Waals surface area contributed by atoms with E-state index in [1.807, 2.05) is 0 Å². The van der Waals surface area contributed by atoms with Crippen LogP contribution in [0, 0.1) is 0 Å². The maximum Gasteiger partial charge on any atom is 0.360 e. The molecule has 0 aliphatic carbocycles. The average Bonchev–Trinajstić information content (AvgIpc) is 2.83. The highest BCUT2D eigenvalue weighted by atomic mass is 35.5. The van der Waals surface area contributed by atoms with Crippen molar-refractivity contribution in [2.45, 2.75) is 44.8 Å². The second kappa shape index (κ2) is 6.95. The van der Waals surface area contributed by atoms with Gasteiger partial charge in [-0.05, 0) is 31.0 Å². The molecule has 2 aliphatic heterocycles. The van der Waals surface area contributed by atoms with Gasteiger partial charge in [-0.1, -0.05) is 20.3 Å². The molecule has 8 heteroatoms. The number of anilines is 1. The zero-order valence-corrected chi connectivity index (χ0v) is 16.2. The van der Waals surface area contributed by atoms with Crippen LogP contribution in [0.4, 0.5) is 5.69 Å². The lowest BCUT2D eigenvalue weighted by molar-refractivity contribution is -0.0131. The summed E-state index contributed by atoms with van der Waals surface area (Å²) in [4.78, 5) is 2.36. The summed E-state index contributed by atoms with van der Waals surface area (Å²) in [7, 11) is -4.37. The van der Waals surface area contributed by atoms with Gasteiger partial charge in [-0.15, -0.1) is 11.6 Å². The fourth-order valence-electron chi connectivity index (χ4n) is 3.82. The summed E-state index contributed by atoms with van der Waals surface area (Å²) < 4.78 is 40.0. The van der Waals surface area contributed by atoms with Crippen LogP contribution in [0.3, 0.4) is 0 Å². The van der Waals surface area contributed by atoms with Gasteiger partial charge in [-0.2, -0.15) is 8.42 Å². The Morgan fingerprint density at radius 1 is 1.32 bits per heavy atom. The second-order valence-electron chi connectivity index (χ2n) is 7.21. The number of alkyl halides is 1. The second-order valence-corrected chi connectivity index (χ2v) is 8.92. The molecule has 2 heterocycles. The molecule has 0 aromatic heterocycles. The zero-order valence-electron chi connectivity index (χ0n) is 14.6. The third-order valence-electron chi connectivity index (χ3n) is 5.09. The van der Waals surface area contributed by atoms with Crippen molar-refractivity contribution in [2.75, 3.05) is 29.8 Å². The molecule has 1 unspecified atom stereocenters. The Kier molecular flexibility index (Phi) is 5.21. The summed E-state index contributed by atoms with van der Waals surface area (Å²) in [5, 5.41) is 0. The number of likely N-dealkylation sites (tertiary alicyclic amines) is 1. The van der Waals surface area contributed by atoms with Crippen molar-refractivity contribution in [3.05, 3.63) is 23.8 Å². The average molecular weight is 389 g/mol. The Morgan fingerprint density at radius 3 is 2.60 bits per heavy atom. The Balaban J connectivity index is 1.94. The van der Waals surface area contributed by atoms with Crippen molar-refractivity contribution >= 4 is 27.6 Å². The molecule has 25 heavy (non-hydrogen) atoms. The van der Waals surface area contributed by atoms with Gasteiger partial charge in [0.1, 0.15) is 5.75 Å². The van der Waals surface area contributed by atoms with E-state index >= 15 is 0 Å². The van der Waals surface area contributed by atoms with Crippen LogP contribution in [-0.4, -0.2) is 49.6 Å². The van der Waals surface area contributed by atoms with Gasteiger partial charge < -0.3 is 4.74 Å². The number of ether oxygens (including phenoxy) is 1. The molecule has 0 saturated carbocycles. The summed E-state index contributed by atoms with van der Waals surface area (Å²) in [6, 6.07) is 5.22. The normalized spacial score (nSPS) is 23.1. The van der Waals surface area contributed by atoms with Gasteiger partial charge in [0.15, 0.2) is 6.23 Å². The van der Waals surface area contributed by atoms with Gasteiger partial charge in [-0.25, -0.2) is 4.31 Å². The van der Waals surface area contributed by atoms with Crippen molar-refractivity contribution in [3.8, 4) is 5.75 Å². The summed E-state index contributed by atoms with van der Waals surface area (Å²) >= 11 is 5.70. The topological polar surface area (TPSA) is 70.1 Å². The van der Waals surface area contributed by atoms with Gasteiger partial charge in [0.25, 0.3) is 0 Å². The van der Waals surface area contributed by atoms with Crippen LogP contribution in [-0.2, 0) is 15.7 Å². The monoisotopic (exact) mass is 388 g/mol.